The second-order valence-electron chi connectivity index (χ2n) is 10.8. The molecule has 0 saturated carbocycles. The zero-order chi connectivity index (χ0) is 28.2. The minimum atomic E-state index is -0.427. The number of aromatic nitrogens is 1. The van der Waals surface area contributed by atoms with Gasteiger partial charge >= 0.3 is 11.8 Å². The largest absolute Gasteiger partial charge is 0.444 e. The second kappa shape index (κ2) is 12.0. The van der Waals surface area contributed by atoms with Crippen molar-refractivity contribution in [2.75, 3.05) is 25.0 Å². The molecule has 3 fully saturated rings. The Morgan fingerprint density at radius 1 is 1.02 bits per heavy atom. The number of carbonyl (C=O) groups is 2. The first-order valence-corrected chi connectivity index (χ1v) is 14.2. The number of aryl methyl sites for hydroxylation is 1. The van der Waals surface area contributed by atoms with Crippen LogP contribution in [0, 0.1) is 5.92 Å². The Kier molecular flexibility index (Phi) is 7.82. The van der Waals surface area contributed by atoms with Gasteiger partial charge in [0.15, 0.2) is 5.58 Å². The van der Waals surface area contributed by atoms with E-state index in [0.717, 1.165) is 68.3 Å². The molecule has 7 rings (SSSR count). The summed E-state index contributed by atoms with van der Waals surface area (Å²) in [5.41, 5.74) is 5.17. The number of unbranched alkanes of at least 4 members (excludes halogenated alkanes) is 1. The first kappa shape index (κ1) is 26.8. The zero-order valence-electron chi connectivity index (χ0n) is 22.8. The van der Waals surface area contributed by atoms with Gasteiger partial charge in [0, 0.05) is 24.2 Å². The number of rotatable bonds is 9. The summed E-state index contributed by atoms with van der Waals surface area (Å²) < 4.78 is 12.8. The van der Waals surface area contributed by atoms with Crippen molar-refractivity contribution < 1.29 is 18.7 Å². The average molecular weight is 552 g/mol. The number of nitrogens with zero attached hydrogens (tertiary/aromatic N) is 2. The monoisotopic (exact) mass is 551 g/mol. The molecule has 210 valence electrons. The summed E-state index contributed by atoms with van der Waals surface area (Å²) in [6.45, 7) is 3.50. The van der Waals surface area contributed by atoms with Crippen LogP contribution in [-0.4, -0.2) is 47.6 Å². The summed E-state index contributed by atoms with van der Waals surface area (Å²) >= 11 is 0. The van der Waals surface area contributed by atoms with Crippen LogP contribution in [0.2, 0.25) is 0 Å². The highest BCUT2D eigenvalue weighted by atomic mass is 16.6. The Bertz CT molecular complexity index is 1630. The molecule has 1 aromatic heterocycles. The van der Waals surface area contributed by atoms with Crippen LogP contribution in [0.25, 0.3) is 28.3 Å². The highest BCUT2D eigenvalue weighted by Crippen LogP contribution is 2.32. The molecule has 0 unspecified atom stereocenters. The fraction of sp³-hybridized carbons (Fsp3) is 0.303. The van der Waals surface area contributed by atoms with Crippen LogP contribution in [0.1, 0.15) is 41.6 Å². The molecule has 1 amide bonds. The molecular formula is C33H33N3O5. The van der Waals surface area contributed by atoms with E-state index >= 15 is 0 Å². The molecule has 41 heavy (non-hydrogen) atoms. The van der Waals surface area contributed by atoms with Crippen molar-refractivity contribution in [1.29, 1.82) is 0 Å². The molecule has 3 aliphatic heterocycles. The summed E-state index contributed by atoms with van der Waals surface area (Å²) in [6, 6.07) is 21.0. The number of benzene rings is 3. The molecule has 4 aromatic rings. The molecule has 0 radical (unpaired) electrons. The van der Waals surface area contributed by atoms with Crippen LogP contribution < -0.4 is 11.1 Å². The average Bonchev–Trinajstić information content (AvgIpc) is 3.32. The summed E-state index contributed by atoms with van der Waals surface area (Å²) in [4.78, 5) is 38.7. The van der Waals surface area contributed by atoms with Gasteiger partial charge in [-0.3, -0.25) is 19.6 Å². The van der Waals surface area contributed by atoms with E-state index in [-0.39, 0.29) is 6.10 Å². The van der Waals surface area contributed by atoms with Gasteiger partial charge in [-0.15, -0.1) is 0 Å². The fourth-order valence-corrected chi connectivity index (χ4v) is 5.91. The first-order valence-electron chi connectivity index (χ1n) is 14.2. The van der Waals surface area contributed by atoms with Crippen molar-refractivity contribution in [3.8, 4) is 11.1 Å². The Morgan fingerprint density at radius 2 is 1.83 bits per heavy atom. The van der Waals surface area contributed by atoms with Gasteiger partial charge < -0.3 is 9.15 Å². The summed E-state index contributed by atoms with van der Waals surface area (Å²) in [7, 11) is 0. The van der Waals surface area contributed by atoms with Crippen LogP contribution in [0.15, 0.2) is 82.0 Å². The number of hydrogen-bond acceptors (Lipinski definition) is 6. The third-order valence-electron chi connectivity index (χ3n) is 8.11. The SMILES string of the molecule is O=Cc1ccc2c(c1)oc(=O)n2CCC/C=C/c1ccc(-c2ccccc2)c(NC(=O)O[C@H]2CN3CCC2CC3)c1. The van der Waals surface area contributed by atoms with E-state index in [1.807, 2.05) is 54.6 Å². The number of fused-ring (bicyclic) bond motifs is 4. The first-order chi connectivity index (χ1) is 20.1. The van der Waals surface area contributed by atoms with Gasteiger partial charge in [0.25, 0.3) is 0 Å². The molecule has 8 heteroatoms. The number of ether oxygens (including phenoxy) is 1. The Labute approximate surface area is 238 Å². The molecule has 3 aromatic carbocycles. The van der Waals surface area contributed by atoms with Crippen molar-refractivity contribution in [2.24, 2.45) is 5.92 Å². The van der Waals surface area contributed by atoms with Crippen molar-refractivity contribution in [3.63, 3.8) is 0 Å². The number of hydrogen-bond donors (Lipinski definition) is 1. The molecule has 0 spiro atoms. The van der Waals surface area contributed by atoms with Gasteiger partial charge in [-0.1, -0.05) is 54.6 Å². The van der Waals surface area contributed by atoms with E-state index in [4.69, 9.17) is 9.15 Å². The van der Waals surface area contributed by atoms with Gasteiger partial charge in [-0.25, -0.2) is 9.59 Å². The van der Waals surface area contributed by atoms with Crippen LogP contribution in [0.3, 0.4) is 0 Å². The lowest BCUT2D eigenvalue weighted by Crippen LogP contribution is -2.52. The van der Waals surface area contributed by atoms with Gasteiger partial charge in [-0.05, 0) is 80.1 Å². The summed E-state index contributed by atoms with van der Waals surface area (Å²) in [6.07, 6.45) is 7.98. The van der Waals surface area contributed by atoms with E-state index in [2.05, 4.69) is 16.3 Å². The van der Waals surface area contributed by atoms with Gasteiger partial charge in [-0.2, -0.15) is 0 Å². The number of anilines is 1. The molecule has 3 aliphatic rings. The Balaban J connectivity index is 1.12. The number of oxazole rings is 1. The van der Waals surface area contributed by atoms with Gasteiger partial charge in [0.05, 0.1) is 11.2 Å². The van der Waals surface area contributed by atoms with E-state index in [1.165, 1.54) is 0 Å². The van der Waals surface area contributed by atoms with Crippen molar-refractivity contribution in [2.45, 2.75) is 38.3 Å². The molecule has 1 N–H and O–H groups in total. The smallest absolute Gasteiger partial charge is 0.419 e. The fourth-order valence-electron chi connectivity index (χ4n) is 5.91. The Morgan fingerprint density at radius 3 is 2.59 bits per heavy atom. The topological polar surface area (TPSA) is 93.8 Å². The number of aldehydes is 1. The maximum Gasteiger partial charge on any atom is 0.419 e. The highest BCUT2D eigenvalue weighted by molar-refractivity contribution is 5.92. The predicted octanol–water partition coefficient (Wildman–Crippen LogP) is 6.21. The quantitative estimate of drug-likeness (QED) is 0.196. The van der Waals surface area contributed by atoms with E-state index in [9.17, 15) is 14.4 Å². The number of piperidine rings is 3. The summed E-state index contributed by atoms with van der Waals surface area (Å²) in [5, 5.41) is 3.02. The van der Waals surface area contributed by atoms with Crippen molar-refractivity contribution in [1.82, 2.24) is 9.47 Å². The van der Waals surface area contributed by atoms with E-state index in [0.29, 0.717) is 34.8 Å². The molecular weight excluding hydrogens is 518 g/mol. The molecule has 0 aliphatic carbocycles. The van der Waals surface area contributed by atoms with Gasteiger partial charge in [0.1, 0.15) is 12.4 Å². The lowest BCUT2D eigenvalue weighted by molar-refractivity contribution is -0.0289. The molecule has 2 bridgehead atoms. The zero-order valence-corrected chi connectivity index (χ0v) is 22.8. The third-order valence-corrected chi connectivity index (χ3v) is 8.11. The predicted molar refractivity (Wildman–Crippen MR) is 159 cm³/mol. The Hall–Kier alpha value is -4.43. The molecule has 8 nitrogen and oxygen atoms in total. The normalized spacial score (nSPS) is 20.0. The third kappa shape index (κ3) is 6.02. The standard InChI is InChI=1S/C33H33N3O5/c37-22-24-11-13-29-30(20-24)41-33(39)36(29)16-6-2-3-7-23-10-12-27(25-8-4-1-5-9-25)28(19-23)34-32(38)40-31-21-35-17-14-26(31)15-18-35/h1,3-5,7-13,19-20,22,26,31H,2,6,14-18,21H2,(H,34,38)/b7-3+/t31-/m0/s1. The molecule has 4 heterocycles. The lowest BCUT2D eigenvalue weighted by atomic mass is 9.86. The molecule has 3 saturated heterocycles. The van der Waals surface area contributed by atoms with Crippen LogP contribution in [0.4, 0.5) is 10.5 Å². The number of carbonyl (C=O) groups excluding carboxylic acids is 2. The van der Waals surface area contributed by atoms with E-state index in [1.54, 1.807) is 22.8 Å². The van der Waals surface area contributed by atoms with Crippen LogP contribution in [-0.2, 0) is 11.3 Å². The molecule has 1 atom stereocenters. The second-order valence-corrected chi connectivity index (χ2v) is 10.8. The summed E-state index contributed by atoms with van der Waals surface area (Å²) in [5.74, 6) is 0.0164. The number of allylic oxidation sites excluding steroid dienone is 1. The maximum absolute atomic E-state index is 13.0. The van der Waals surface area contributed by atoms with E-state index < -0.39 is 11.8 Å². The van der Waals surface area contributed by atoms with Gasteiger partial charge in [0.2, 0.25) is 0 Å². The van der Waals surface area contributed by atoms with Crippen molar-refractivity contribution >= 4 is 35.2 Å². The van der Waals surface area contributed by atoms with Crippen LogP contribution >= 0.6 is 0 Å². The number of nitrogens with one attached hydrogen (secondary N) is 1. The van der Waals surface area contributed by atoms with Crippen LogP contribution in [0.5, 0.6) is 0 Å². The lowest BCUT2D eigenvalue weighted by Gasteiger charge is -2.43. The number of amides is 1. The maximum atomic E-state index is 13.0. The minimum absolute atomic E-state index is 0.0623. The minimum Gasteiger partial charge on any atom is -0.444 e. The van der Waals surface area contributed by atoms with Crippen molar-refractivity contribution in [3.05, 3.63) is 94.5 Å². The highest BCUT2D eigenvalue weighted by Gasteiger charge is 2.36.